The molecule has 1 aliphatic heterocycles. The third-order valence-electron chi connectivity index (χ3n) is 5.78. The second kappa shape index (κ2) is 11.1. The largest absolute Gasteiger partial charge is 0.508 e. The Morgan fingerprint density at radius 2 is 1.66 bits per heavy atom. The molecule has 0 bridgehead atoms. The van der Waals surface area contributed by atoms with E-state index in [1.807, 2.05) is 51.7 Å². The molecular formula is C26H38N2O4. The topological polar surface area (TPSA) is 88.9 Å². The lowest BCUT2D eigenvalue weighted by Crippen LogP contribution is -2.47. The van der Waals surface area contributed by atoms with Crippen LogP contribution in [0, 0.1) is 0 Å². The van der Waals surface area contributed by atoms with Crippen LogP contribution in [0.2, 0.25) is 0 Å². The van der Waals surface area contributed by atoms with Gasteiger partial charge in [-0.3, -0.25) is 0 Å². The SMILES string of the molecule is CC.CC.CC(OC(=O)N1C(C)CCCC1C)c1cc2c(cc1N)oc1cc(O)ccc12. The number of amides is 1. The average molecular weight is 443 g/mol. The molecule has 0 radical (unpaired) electrons. The van der Waals surface area contributed by atoms with E-state index in [2.05, 4.69) is 13.8 Å². The fourth-order valence-electron chi connectivity index (χ4n) is 4.25. The molecule has 0 saturated carbocycles. The van der Waals surface area contributed by atoms with Crippen molar-refractivity contribution >= 4 is 33.7 Å². The number of hydrogen-bond acceptors (Lipinski definition) is 5. The molecule has 2 heterocycles. The van der Waals surface area contributed by atoms with E-state index in [1.165, 1.54) is 0 Å². The van der Waals surface area contributed by atoms with Gasteiger partial charge in [-0.1, -0.05) is 27.7 Å². The summed E-state index contributed by atoms with van der Waals surface area (Å²) in [6, 6.07) is 9.02. The van der Waals surface area contributed by atoms with Crippen molar-refractivity contribution in [3.8, 4) is 5.75 Å². The molecule has 32 heavy (non-hydrogen) atoms. The van der Waals surface area contributed by atoms with Crippen LogP contribution in [0.3, 0.4) is 0 Å². The highest BCUT2D eigenvalue weighted by atomic mass is 16.6. The third kappa shape index (κ3) is 5.12. The van der Waals surface area contributed by atoms with Crippen molar-refractivity contribution in [3.05, 3.63) is 35.9 Å². The maximum Gasteiger partial charge on any atom is 0.410 e. The van der Waals surface area contributed by atoms with Gasteiger partial charge in [-0.25, -0.2) is 4.79 Å². The van der Waals surface area contributed by atoms with Gasteiger partial charge in [0.2, 0.25) is 0 Å². The van der Waals surface area contributed by atoms with Gasteiger partial charge in [0.1, 0.15) is 23.0 Å². The van der Waals surface area contributed by atoms with Gasteiger partial charge >= 0.3 is 6.09 Å². The molecule has 1 aliphatic rings. The fraction of sp³-hybridized carbons (Fsp3) is 0.500. The minimum absolute atomic E-state index is 0.145. The molecule has 3 unspecified atom stereocenters. The average Bonchev–Trinajstić information content (AvgIpc) is 3.11. The number of nitrogens with zero attached hydrogens (tertiary/aromatic N) is 1. The molecule has 4 rings (SSSR count). The molecule has 2 aromatic carbocycles. The molecule has 3 atom stereocenters. The van der Waals surface area contributed by atoms with Crippen molar-refractivity contribution in [2.24, 2.45) is 0 Å². The number of phenols is 1. The number of furan rings is 1. The summed E-state index contributed by atoms with van der Waals surface area (Å²) in [4.78, 5) is 14.6. The summed E-state index contributed by atoms with van der Waals surface area (Å²) in [6.45, 7) is 14.0. The number of piperidine rings is 1. The standard InChI is InChI=1S/C22H26N2O4.2C2H6/c1-12-5-4-6-13(2)24(12)22(26)27-14(3)17-10-18-16-8-7-15(25)9-20(16)28-21(18)11-19(17)23;2*1-2/h7-14,25H,4-6,23H2,1-3H3;2*1-2H3. The minimum Gasteiger partial charge on any atom is -0.508 e. The number of aromatic hydroxyl groups is 1. The first-order valence-corrected chi connectivity index (χ1v) is 11.8. The van der Waals surface area contributed by atoms with E-state index >= 15 is 0 Å². The first-order chi connectivity index (χ1) is 15.3. The Labute approximate surface area is 191 Å². The van der Waals surface area contributed by atoms with Crippen LogP contribution in [-0.4, -0.2) is 28.2 Å². The van der Waals surface area contributed by atoms with Crippen LogP contribution in [0.1, 0.15) is 79.4 Å². The van der Waals surface area contributed by atoms with E-state index in [4.69, 9.17) is 14.9 Å². The number of carbonyl (C=O) groups is 1. The quantitative estimate of drug-likeness (QED) is 0.404. The molecule has 3 aromatic rings. The van der Waals surface area contributed by atoms with Crippen molar-refractivity contribution in [2.45, 2.75) is 85.9 Å². The molecule has 176 valence electrons. The van der Waals surface area contributed by atoms with Gasteiger partial charge in [0, 0.05) is 46.2 Å². The highest BCUT2D eigenvalue weighted by Gasteiger charge is 2.31. The van der Waals surface area contributed by atoms with Gasteiger partial charge in [0.25, 0.3) is 0 Å². The molecule has 1 aromatic heterocycles. The summed E-state index contributed by atoms with van der Waals surface area (Å²) >= 11 is 0. The highest BCUT2D eigenvalue weighted by Crippen LogP contribution is 2.36. The van der Waals surface area contributed by atoms with E-state index < -0.39 is 6.10 Å². The molecular weight excluding hydrogens is 404 g/mol. The van der Waals surface area contributed by atoms with Gasteiger partial charge in [0.05, 0.1) is 0 Å². The van der Waals surface area contributed by atoms with Crippen LogP contribution in [0.5, 0.6) is 5.75 Å². The van der Waals surface area contributed by atoms with Crippen molar-refractivity contribution in [1.29, 1.82) is 0 Å². The number of phenolic OH excluding ortho intramolecular Hbond substituents is 1. The number of likely N-dealkylation sites (tertiary alicyclic amines) is 1. The van der Waals surface area contributed by atoms with E-state index in [0.29, 0.717) is 16.9 Å². The number of ether oxygens (including phenoxy) is 1. The molecule has 1 fully saturated rings. The normalized spacial score (nSPS) is 18.9. The Kier molecular flexibility index (Phi) is 8.81. The lowest BCUT2D eigenvalue weighted by molar-refractivity contribution is 0.0329. The Bertz CT molecular complexity index is 1030. The maximum absolute atomic E-state index is 12.8. The first kappa shape index (κ1) is 25.4. The van der Waals surface area contributed by atoms with Crippen molar-refractivity contribution in [1.82, 2.24) is 4.90 Å². The number of carbonyl (C=O) groups excluding carboxylic acids is 1. The van der Waals surface area contributed by atoms with Gasteiger partial charge in [-0.05, 0) is 58.2 Å². The fourth-order valence-corrected chi connectivity index (χ4v) is 4.25. The second-order valence-corrected chi connectivity index (χ2v) is 7.82. The zero-order valence-corrected chi connectivity index (χ0v) is 20.4. The smallest absolute Gasteiger partial charge is 0.410 e. The van der Waals surface area contributed by atoms with Crippen LogP contribution in [0.4, 0.5) is 10.5 Å². The van der Waals surface area contributed by atoms with E-state index in [9.17, 15) is 9.90 Å². The molecule has 3 N–H and O–H groups in total. The zero-order chi connectivity index (χ0) is 24.0. The van der Waals surface area contributed by atoms with Gasteiger partial charge in [-0.15, -0.1) is 0 Å². The first-order valence-electron chi connectivity index (χ1n) is 11.8. The Hall–Kier alpha value is -2.89. The summed E-state index contributed by atoms with van der Waals surface area (Å²) in [5.74, 6) is 0.145. The number of fused-ring (bicyclic) bond motifs is 3. The second-order valence-electron chi connectivity index (χ2n) is 7.82. The van der Waals surface area contributed by atoms with Crippen LogP contribution < -0.4 is 5.73 Å². The predicted molar refractivity (Wildman–Crippen MR) is 132 cm³/mol. The Morgan fingerprint density at radius 3 is 2.28 bits per heavy atom. The maximum atomic E-state index is 12.8. The summed E-state index contributed by atoms with van der Waals surface area (Å²) in [6.07, 6.45) is 2.34. The molecule has 0 aliphatic carbocycles. The zero-order valence-electron chi connectivity index (χ0n) is 20.4. The van der Waals surface area contributed by atoms with Crippen LogP contribution in [0.25, 0.3) is 21.9 Å². The Morgan fingerprint density at radius 1 is 1.06 bits per heavy atom. The van der Waals surface area contributed by atoms with E-state index in [0.717, 1.165) is 35.6 Å². The number of anilines is 1. The summed E-state index contributed by atoms with van der Waals surface area (Å²) < 4.78 is 11.6. The van der Waals surface area contributed by atoms with Gasteiger partial charge in [0.15, 0.2) is 0 Å². The molecule has 1 saturated heterocycles. The minimum atomic E-state index is -0.486. The number of hydrogen-bond donors (Lipinski definition) is 2. The van der Waals surface area contributed by atoms with Crippen molar-refractivity contribution in [3.63, 3.8) is 0 Å². The monoisotopic (exact) mass is 442 g/mol. The van der Waals surface area contributed by atoms with Crippen LogP contribution in [-0.2, 0) is 4.74 Å². The number of rotatable bonds is 2. The molecule has 6 heteroatoms. The van der Waals surface area contributed by atoms with Crippen molar-refractivity contribution < 1.29 is 19.1 Å². The van der Waals surface area contributed by atoms with E-state index in [-0.39, 0.29) is 23.9 Å². The van der Waals surface area contributed by atoms with Crippen LogP contribution >= 0.6 is 0 Å². The number of nitrogens with two attached hydrogens (primary N) is 1. The number of nitrogen functional groups attached to an aromatic ring is 1. The van der Waals surface area contributed by atoms with Crippen molar-refractivity contribution in [2.75, 3.05) is 5.73 Å². The predicted octanol–water partition coefficient (Wildman–Crippen LogP) is 7.39. The lowest BCUT2D eigenvalue weighted by atomic mass is 9.98. The third-order valence-corrected chi connectivity index (χ3v) is 5.78. The highest BCUT2D eigenvalue weighted by molar-refractivity contribution is 6.06. The summed E-state index contributed by atoms with van der Waals surface area (Å²) in [5, 5.41) is 11.4. The van der Waals surface area contributed by atoms with Gasteiger partial charge in [-0.2, -0.15) is 0 Å². The van der Waals surface area contributed by atoms with Gasteiger partial charge < -0.3 is 24.9 Å². The van der Waals surface area contributed by atoms with Crippen LogP contribution in [0.15, 0.2) is 34.7 Å². The summed E-state index contributed by atoms with van der Waals surface area (Å²) in [5.41, 5.74) is 8.72. The molecule has 6 nitrogen and oxygen atoms in total. The van der Waals surface area contributed by atoms with E-state index in [1.54, 1.807) is 18.2 Å². The lowest BCUT2D eigenvalue weighted by Gasteiger charge is -2.38. The molecule has 1 amide bonds. The summed E-state index contributed by atoms with van der Waals surface area (Å²) in [7, 11) is 0. The molecule has 0 spiro atoms. The Balaban J connectivity index is 0.000000860. The number of benzene rings is 2.